The van der Waals surface area contributed by atoms with Crippen molar-refractivity contribution in [1.82, 2.24) is 9.80 Å². The van der Waals surface area contributed by atoms with Crippen LogP contribution < -0.4 is 0 Å². The number of urea groups is 1. The molecule has 0 bridgehead atoms. The van der Waals surface area contributed by atoms with Crippen LogP contribution in [0, 0.1) is 5.92 Å². The van der Waals surface area contributed by atoms with Gasteiger partial charge in [-0.25, -0.2) is 9.59 Å². The molecule has 2 N–H and O–H groups in total. The van der Waals surface area contributed by atoms with Gasteiger partial charge < -0.3 is 20.0 Å². The fraction of sp³-hybridized carbons (Fsp3) is 0.833. The fourth-order valence-electron chi connectivity index (χ4n) is 2.15. The lowest BCUT2D eigenvalue weighted by atomic mass is 10.1. The number of aliphatic hydroxyl groups is 1. The number of carboxylic acids is 1. The van der Waals surface area contributed by atoms with Crippen molar-refractivity contribution < 1.29 is 19.8 Å². The molecule has 1 heterocycles. The summed E-state index contributed by atoms with van der Waals surface area (Å²) in [5.74, 6) is -0.688. The molecule has 1 unspecified atom stereocenters. The van der Waals surface area contributed by atoms with Crippen LogP contribution in [0.3, 0.4) is 0 Å². The molecule has 0 spiro atoms. The number of β-amino-alcohol motifs (C(OH)–C–C–N with tert-alkyl or cyclic N) is 1. The summed E-state index contributed by atoms with van der Waals surface area (Å²) in [4.78, 5) is 25.9. The SMILES string of the molecule is CCC(C)CN(C)C(=O)N1C[C@@H](O)C[C@H]1C(=O)O. The fourth-order valence-corrected chi connectivity index (χ4v) is 2.15. The minimum absolute atomic E-state index is 0.0979. The van der Waals surface area contributed by atoms with Gasteiger partial charge in [-0.05, 0) is 5.92 Å². The quantitative estimate of drug-likeness (QED) is 0.774. The zero-order chi connectivity index (χ0) is 13.9. The van der Waals surface area contributed by atoms with Gasteiger partial charge >= 0.3 is 12.0 Å². The van der Waals surface area contributed by atoms with Crippen LogP contribution in [0.15, 0.2) is 0 Å². The van der Waals surface area contributed by atoms with Gasteiger partial charge in [0, 0.05) is 26.6 Å². The first kappa shape index (κ1) is 14.8. The first-order valence-electron chi connectivity index (χ1n) is 6.29. The minimum Gasteiger partial charge on any atom is -0.480 e. The molecular formula is C12H22N2O4. The lowest BCUT2D eigenvalue weighted by molar-refractivity contribution is -0.141. The molecule has 2 amide bonds. The largest absolute Gasteiger partial charge is 0.480 e. The van der Waals surface area contributed by atoms with Crippen molar-refractivity contribution in [2.45, 2.75) is 38.8 Å². The van der Waals surface area contributed by atoms with E-state index >= 15 is 0 Å². The Balaban J connectivity index is 2.67. The number of carbonyl (C=O) groups is 2. The number of carbonyl (C=O) groups excluding carboxylic acids is 1. The van der Waals surface area contributed by atoms with Crippen molar-refractivity contribution in [3.05, 3.63) is 0 Å². The van der Waals surface area contributed by atoms with Gasteiger partial charge in [0.25, 0.3) is 0 Å². The van der Waals surface area contributed by atoms with Crippen LogP contribution in [0.5, 0.6) is 0 Å². The van der Waals surface area contributed by atoms with E-state index in [0.29, 0.717) is 12.5 Å². The second kappa shape index (κ2) is 6.04. The number of carboxylic acid groups (broad SMARTS) is 1. The summed E-state index contributed by atoms with van der Waals surface area (Å²) in [6, 6.07) is -1.23. The lowest BCUT2D eigenvalue weighted by Crippen LogP contribution is -2.47. The van der Waals surface area contributed by atoms with Crippen LogP contribution in [0.25, 0.3) is 0 Å². The molecule has 1 rings (SSSR count). The highest BCUT2D eigenvalue weighted by molar-refractivity contribution is 5.83. The number of hydrogen-bond donors (Lipinski definition) is 2. The molecule has 0 radical (unpaired) electrons. The molecule has 1 aliphatic rings. The Morgan fingerprint density at radius 2 is 2.11 bits per heavy atom. The number of rotatable bonds is 4. The summed E-state index contributed by atoms with van der Waals surface area (Å²) in [6.07, 6.45) is 0.327. The molecule has 3 atom stereocenters. The third-order valence-corrected chi connectivity index (χ3v) is 3.42. The maximum absolute atomic E-state index is 12.1. The average molecular weight is 258 g/mol. The monoisotopic (exact) mass is 258 g/mol. The van der Waals surface area contributed by atoms with Crippen molar-refractivity contribution in [3.63, 3.8) is 0 Å². The standard InChI is InChI=1S/C12H22N2O4/c1-4-8(2)6-13(3)12(18)14-7-9(15)5-10(14)11(16)17/h8-10,15H,4-7H2,1-3H3,(H,16,17)/t8?,9-,10-/m0/s1. The topological polar surface area (TPSA) is 81.1 Å². The Labute approximate surface area is 107 Å². The summed E-state index contributed by atoms with van der Waals surface area (Å²) in [5, 5.41) is 18.5. The third kappa shape index (κ3) is 3.35. The van der Waals surface area contributed by atoms with E-state index in [1.807, 2.05) is 13.8 Å². The Bertz CT molecular complexity index is 321. The van der Waals surface area contributed by atoms with Gasteiger partial charge in [-0.3, -0.25) is 0 Å². The van der Waals surface area contributed by atoms with Crippen molar-refractivity contribution in [1.29, 1.82) is 0 Å². The van der Waals surface area contributed by atoms with E-state index in [1.54, 1.807) is 7.05 Å². The zero-order valence-corrected chi connectivity index (χ0v) is 11.2. The average Bonchev–Trinajstić information content (AvgIpc) is 2.70. The molecule has 6 heteroatoms. The first-order valence-corrected chi connectivity index (χ1v) is 6.29. The highest BCUT2D eigenvalue weighted by Crippen LogP contribution is 2.20. The van der Waals surface area contributed by atoms with E-state index in [9.17, 15) is 14.7 Å². The van der Waals surface area contributed by atoms with Crippen LogP contribution >= 0.6 is 0 Å². The Kier molecular flexibility index (Phi) is 4.95. The van der Waals surface area contributed by atoms with Crippen LogP contribution in [0.4, 0.5) is 4.79 Å². The number of likely N-dealkylation sites (tertiary alicyclic amines) is 1. The number of hydrogen-bond acceptors (Lipinski definition) is 3. The molecule has 6 nitrogen and oxygen atoms in total. The van der Waals surface area contributed by atoms with E-state index < -0.39 is 18.1 Å². The number of aliphatic hydroxyl groups excluding tert-OH is 1. The maximum atomic E-state index is 12.1. The van der Waals surface area contributed by atoms with Crippen molar-refractivity contribution in [2.24, 2.45) is 5.92 Å². The van der Waals surface area contributed by atoms with Gasteiger partial charge in [0.2, 0.25) is 0 Å². The molecule has 18 heavy (non-hydrogen) atoms. The first-order chi connectivity index (χ1) is 8.36. The van der Waals surface area contributed by atoms with Crippen molar-refractivity contribution in [3.8, 4) is 0 Å². The van der Waals surface area contributed by atoms with Crippen molar-refractivity contribution >= 4 is 12.0 Å². The normalized spacial score (nSPS) is 25.0. The number of amides is 2. The van der Waals surface area contributed by atoms with E-state index in [-0.39, 0.29) is 19.0 Å². The van der Waals surface area contributed by atoms with Gasteiger partial charge in [-0.1, -0.05) is 20.3 Å². The maximum Gasteiger partial charge on any atom is 0.326 e. The summed E-state index contributed by atoms with van der Waals surface area (Å²) in [6.45, 7) is 4.77. The predicted octanol–water partition coefficient (Wildman–Crippen LogP) is 0.604. The van der Waals surface area contributed by atoms with Crippen molar-refractivity contribution in [2.75, 3.05) is 20.1 Å². The highest BCUT2D eigenvalue weighted by atomic mass is 16.4. The summed E-state index contributed by atoms with van der Waals surface area (Å²) in [7, 11) is 1.66. The summed E-state index contributed by atoms with van der Waals surface area (Å²) in [5.41, 5.74) is 0. The molecule has 1 aliphatic heterocycles. The van der Waals surface area contributed by atoms with Gasteiger partial charge in [0.1, 0.15) is 6.04 Å². The van der Waals surface area contributed by atoms with E-state index in [1.165, 1.54) is 9.80 Å². The molecule has 1 saturated heterocycles. The minimum atomic E-state index is -1.06. The van der Waals surface area contributed by atoms with E-state index in [0.717, 1.165) is 6.42 Å². The molecule has 1 fully saturated rings. The summed E-state index contributed by atoms with van der Waals surface area (Å²) < 4.78 is 0. The second-order valence-corrected chi connectivity index (χ2v) is 5.07. The van der Waals surface area contributed by atoms with Crippen LogP contribution in [-0.4, -0.2) is 64.3 Å². The molecule has 0 saturated carbocycles. The number of nitrogens with zero attached hydrogens (tertiary/aromatic N) is 2. The van der Waals surface area contributed by atoms with Crippen LogP contribution in [0.2, 0.25) is 0 Å². The van der Waals surface area contributed by atoms with E-state index in [4.69, 9.17) is 5.11 Å². The molecule has 0 aromatic carbocycles. The zero-order valence-electron chi connectivity index (χ0n) is 11.2. The van der Waals surface area contributed by atoms with Gasteiger partial charge in [0.05, 0.1) is 6.10 Å². The Morgan fingerprint density at radius 3 is 2.61 bits per heavy atom. The predicted molar refractivity (Wildman–Crippen MR) is 66.2 cm³/mol. The molecule has 104 valence electrons. The third-order valence-electron chi connectivity index (χ3n) is 3.42. The highest BCUT2D eigenvalue weighted by Gasteiger charge is 2.40. The van der Waals surface area contributed by atoms with Gasteiger partial charge in [-0.15, -0.1) is 0 Å². The van der Waals surface area contributed by atoms with Crippen LogP contribution in [-0.2, 0) is 4.79 Å². The van der Waals surface area contributed by atoms with Crippen LogP contribution in [0.1, 0.15) is 26.7 Å². The van der Waals surface area contributed by atoms with Gasteiger partial charge in [-0.2, -0.15) is 0 Å². The Hall–Kier alpha value is -1.30. The smallest absolute Gasteiger partial charge is 0.326 e. The molecule has 0 aliphatic carbocycles. The summed E-state index contributed by atoms with van der Waals surface area (Å²) >= 11 is 0. The number of aliphatic carboxylic acids is 1. The lowest BCUT2D eigenvalue weighted by Gasteiger charge is -2.28. The Morgan fingerprint density at radius 1 is 1.50 bits per heavy atom. The van der Waals surface area contributed by atoms with E-state index in [2.05, 4.69) is 0 Å². The molecule has 0 aromatic heterocycles. The molecular weight excluding hydrogens is 236 g/mol. The molecule has 0 aromatic rings. The second-order valence-electron chi connectivity index (χ2n) is 5.07. The van der Waals surface area contributed by atoms with Gasteiger partial charge in [0.15, 0.2) is 0 Å².